The van der Waals surface area contributed by atoms with Crippen LogP contribution in [0.5, 0.6) is 0 Å². The first-order valence-corrected chi connectivity index (χ1v) is 6.90. The number of hydrogen-bond donors (Lipinski definition) is 2. The van der Waals surface area contributed by atoms with E-state index < -0.39 is 5.60 Å². The minimum atomic E-state index is -0.884. The van der Waals surface area contributed by atoms with Gasteiger partial charge in [0.15, 0.2) is 0 Å². The molecule has 0 radical (unpaired) electrons. The van der Waals surface area contributed by atoms with Crippen LogP contribution in [0.15, 0.2) is 42.6 Å². The summed E-state index contributed by atoms with van der Waals surface area (Å²) >= 11 is 0. The Morgan fingerprint density at radius 2 is 2.00 bits per heavy atom. The predicted octanol–water partition coefficient (Wildman–Crippen LogP) is 2.70. The molecule has 0 fully saturated rings. The highest BCUT2D eigenvalue weighted by molar-refractivity contribution is 5.34. The van der Waals surface area contributed by atoms with Crippen LogP contribution in [0.4, 0.5) is 0 Å². The molecule has 0 aliphatic heterocycles. The molecule has 1 aromatic heterocycles. The lowest BCUT2D eigenvalue weighted by Crippen LogP contribution is -2.36. The van der Waals surface area contributed by atoms with Crippen LogP contribution in [0.3, 0.4) is 0 Å². The Balaban J connectivity index is 2.02. The van der Waals surface area contributed by atoms with Crippen molar-refractivity contribution < 1.29 is 5.11 Å². The van der Waals surface area contributed by atoms with E-state index in [0.717, 1.165) is 22.4 Å². The Morgan fingerprint density at radius 1 is 1.20 bits per heavy atom. The second-order valence-corrected chi connectivity index (χ2v) is 5.52. The number of hydrogen-bond acceptors (Lipinski definition) is 3. The maximum Gasteiger partial charge on any atom is 0.0995 e. The monoisotopic (exact) mass is 270 g/mol. The highest BCUT2D eigenvalue weighted by Crippen LogP contribution is 2.24. The van der Waals surface area contributed by atoms with Gasteiger partial charge in [0.2, 0.25) is 0 Å². The third-order valence-corrected chi connectivity index (χ3v) is 3.47. The summed E-state index contributed by atoms with van der Waals surface area (Å²) in [6.45, 7) is 7.07. The molecule has 0 amide bonds. The average molecular weight is 270 g/mol. The zero-order valence-corrected chi connectivity index (χ0v) is 12.4. The number of aryl methyl sites for hydroxylation is 2. The Labute approximate surface area is 120 Å². The van der Waals surface area contributed by atoms with Crippen LogP contribution >= 0.6 is 0 Å². The Bertz CT molecular complexity index is 564. The van der Waals surface area contributed by atoms with Gasteiger partial charge in [0, 0.05) is 19.3 Å². The fraction of sp³-hybridized carbons (Fsp3) is 0.353. The van der Waals surface area contributed by atoms with Crippen LogP contribution in [-0.2, 0) is 12.1 Å². The topological polar surface area (TPSA) is 45.1 Å². The van der Waals surface area contributed by atoms with Gasteiger partial charge in [-0.3, -0.25) is 4.98 Å². The molecule has 1 atom stereocenters. The second kappa shape index (κ2) is 6.16. The summed E-state index contributed by atoms with van der Waals surface area (Å²) in [6.07, 6.45) is 1.78. The van der Waals surface area contributed by atoms with Gasteiger partial charge in [-0.2, -0.15) is 0 Å². The first kappa shape index (κ1) is 14.7. The molecule has 1 aromatic carbocycles. The fourth-order valence-electron chi connectivity index (χ4n) is 2.35. The number of nitrogens with one attached hydrogen (secondary N) is 1. The third-order valence-electron chi connectivity index (χ3n) is 3.47. The lowest BCUT2D eigenvalue weighted by Gasteiger charge is -2.26. The number of pyridine rings is 1. The van der Waals surface area contributed by atoms with E-state index in [9.17, 15) is 5.11 Å². The number of rotatable bonds is 5. The first-order chi connectivity index (χ1) is 9.49. The lowest BCUT2D eigenvalue weighted by atomic mass is 9.90. The summed E-state index contributed by atoms with van der Waals surface area (Å²) in [4.78, 5) is 4.26. The van der Waals surface area contributed by atoms with Crippen molar-refractivity contribution in [3.05, 3.63) is 65.0 Å². The van der Waals surface area contributed by atoms with E-state index in [0.29, 0.717) is 13.1 Å². The Kier molecular flexibility index (Phi) is 4.53. The van der Waals surface area contributed by atoms with Crippen molar-refractivity contribution in [2.24, 2.45) is 0 Å². The van der Waals surface area contributed by atoms with Gasteiger partial charge in [-0.25, -0.2) is 0 Å². The van der Waals surface area contributed by atoms with E-state index in [1.165, 1.54) is 0 Å². The van der Waals surface area contributed by atoms with Gasteiger partial charge in [0.25, 0.3) is 0 Å². The normalized spacial score (nSPS) is 14.0. The van der Waals surface area contributed by atoms with Gasteiger partial charge < -0.3 is 10.4 Å². The molecule has 0 aliphatic carbocycles. The molecule has 0 spiro atoms. The molecule has 2 N–H and O–H groups in total. The van der Waals surface area contributed by atoms with Gasteiger partial charge in [0.1, 0.15) is 0 Å². The smallest absolute Gasteiger partial charge is 0.0995 e. The zero-order chi connectivity index (χ0) is 14.6. The van der Waals surface area contributed by atoms with Crippen LogP contribution < -0.4 is 5.32 Å². The van der Waals surface area contributed by atoms with Crippen LogP contribution in [-0.4, -0.2) is 16.6 Å². The van der Waals surface area contributed by atoms with Gasteiger partial charge in [0.05, 0.1) is 11.3 Å². The minimum Gasteiger partial charge on any atom is -0.384 e. The van der Waals surface area contributed by atoms with Crippen molar-refractivity contribution in [1.82, 2.24) is 10.3 Å². The molecule has 2 rings (SSSR count). The molecule has 2 aromatic rings. The quantitative estimate of drug-likeness (QED) is 0.878. The van der Waals surface area contributed by atoms with Gasteiger partial charge >= 0.3 is 0 Å². The highest BCUT2D eigenvalue weighted by Gasteiger charge is 2.24. The Hall–Kier alpha value is -1.71. The minimum absolute atomic E-state index is 0.494. The van der Waals surface area contributed by atoms with Gasteiger partial charge in [-0.15, -0.1) is 0 Å². The summed E-state index contributed by atoms with van der Waals surface area (Å²) in [7, 11) is 0. The highest BCUT2D eigenvalue weighted by atomic mass is 16.3. The maximum atomic E-state index is 10.7. The molecule has 20 heavy (non-hydrogen) atoms. The number of aliphatic hydroxyl groups is 1. The van der Waals surface area contributed by atoms with E-state index >= 15 is 0 Å². The molecule has 0 saturated heterocycles. The summed E-state index contributed by atoms with van der Waals surface area (Å²) in [5, 5.41) is 14.0. The molecule has 0 aliphatic rings. The molecule has 3 nitrogen and oxygen atoms in total. The first-order valence-electron chi connectivity index (χ1n) is 6.90. The SMILES string of the molecule is Cc1ccc(C)c(C(C)(O)CNCc2ccccn2)c1. The van der Waals surface area contributed by atoms with Gasteiger partial charge in [-0.05, 0) is 44.0 Å². The van der Waals surface area contributed by atoms with Crippen LogP contribution in [0.1, 0.15) is 29.3 Å². The van der Waals surface area contributed by atoms with E-state index in [2.05, 4.69) is 28.5 Å². The van der Waals surface area contributed by atoms with Crippen molar-refractivity contribution in [2.45, 2.75) is 32.9 Å². The van der Waals surface area contributed by atoms with Crippen LogP contribution in [0, 0.1) is 13.8 Å². The molecule has 106 valence electrons. The second-order valence-electron chi connectivity index (χ2n) is 5.52. The standard InChI is InChI=1S/C17H22N2O/c1-13-7-8-14(2)16(10-13)17(3,20)12-18-11-15-6-4-5-9-19-15/h4-10,18,20H,11-12H2,1-3H3. The van der Waals surface area contributed by atoms with Crippen LogP contribution in [0.25, 0.3) is 0 Å². The average Bonchev–Trinajstić information content (AvgIpc) is 2.42. The van der Waals surface area contributed by atoms with Crippen molar-refractivity contribution in [3.63, 3.8) is 0 Å². The number of aromatic nitrogens is 1. The molecular weight excluding hydrogens is 248 g/mol. The summed E-state index contributed by atoms with van der Waals surface area (Å²) < 4.78 is 0. The number of nitrogens with zero attached hydrogens (tertiary/aromatic N) is 1. The molecule has 0 bridgehead atoms. The summed E-state index contributed by atoms with van der Waals surface area (Å²) in [6, 6.07) is 12.0. The third kappa shape index (κ3) is 3.65. The summed E-state index contributed by atoms with van der Waals surface area (Å²) in [5.74, 6) is 0. The van der Waals surface area contributed by atoms with Crippen molar-refractivity contribution in [3.8, 4) is 0 Å². The molecule has 1 unspecified atom stereocenters. The summed E-state index contributed by atoms with van der Waals surface area (Å²) in [5.41, 5.74) is 3.34. The number of benzene rings is 1. The zero-order valence-electron chi connectivity index (χ0n) is 12.4. The molecule has 1 heterocycles. The largest absolute Gasteiger partial charge is 0.384 e. The molecular formula is C17H22N2O. The lowest BCUT2D eigenvalue weighted by molar-refractivity contribution is 0.0559. The fourth-order valence-corrected chi connectivity index (χ4v) is 2.35. The van der Waals surface area contributed by atoms with Crippen LogP contribution in [0.2, 0.25) is 0 Å². The van der Waals surface area contributed by atoms with E-state index in [1.807, 2.05) is 39.0 Å². The predicted molar refractivity (Wildman–Crippen MR) is 81.4 cm³/mol. The van der Waals surface area contributed by atoms with E-state index in [4.69, 9.17) is 0 Å². The van der Waals surface area contributed by atoms with Crippen molar-refractivity contribution in [2.75, 3.05) is 6.54 Å². The van der Waals surface area contributed by atoms with Gasteiger partial charge in [-0.1, -0.05) is 29.8 Å². The van der Waals surface area contributed by atoms with Crippen molar-refractivity contribution >= 4 is 0 Å². The maximum absolute atomic E-state index is 10.7. The van der Waals surface area contributed by atoms with E-state index in [1.54, 1.807) is 6.20 Å². The van der Waals surface area contributed by atoms with Crippen molar-refractivity contribution in [1.29, 1.82) is 0 Å². The molecule has 3 heteroatoms. The van der Waals surface area contributed by atoms with E-state index in [-0.39, 0.29) is 0 Å². The molecule has 0 saturated carbocycles. The Morgan fingerprint density at radius 3 is 2.70 bits per heavy atom.